The van der Waals surface area contributed by atoms with Crippen LogP contribution in [0.25, 0.3) is 0 Å². The number of hydrogen-bond acceptors (Lipinski definition) is 1. The zero-order chi connectivity index (χ0) is 13.2. The van der Waals surface area contributed by atoms with Crippen molar-refractivity contribution >= 4 is 31.9 Å². The normalized spacial score (nSPS) is 18.6. The maximum atomic E-state index is 6.08. The lowest BCUT2D eigenvalue weighted by atomic mass is 9.83. The van der Waals surface area contributed by atoms with E-state index in [0.717, 1.165) is 29.3 Å². The van der Waals surface area contributed by atoms with Crippen LogP contribution < -0.4 is 4.74 Å². The van der Waals surface area contributed by atoms with Gasteiger partial charge in [0.25, 0.3) is 0 Å². The van der Waals surface area contributed by atoms with Crippen molar-refractivity contribution in [2.24, 2.45) is 5.41 Å². The number of hydrogen-bond donors (Lipinski definition) is 0. The van der Waals surface area contributed by atoms with Crippen molar-refractivity contribution < 1.29 is 4.74 Å². The summed E-state index contributed by atoms with van der Waals surface area (Å²) in [5.74, 6) is 1.08. The van der Waals surface area contributed by atoms with Gasteiger partial charge < -0.3 is 4.74 Å². The zero-order valence-electron chi connectivity index (χ0n) is 11.0. The number of fused-ring (bicyclic) bond motifs is 1. The Labute approximate surface area is 127 Å². The van der Waals surface area contributed by atoms with E-state index >= 15 is 0 Å². The Kier molecular flexibility index (Phi) is 4.76. The summed E-state index contributed by atoms with van der Waals surface area (Å²) in [6.45, 7) is 4.40. The second-order valence-electron chi connectivity index (χ2n) is 5.38. The van der Waals surface area contributed by atoms with Crippen LogP contribution in [0, 0.1) is 12.3 Å². The fraction of sp³-hybridized carbons (Fsp3) is 0.600. The summed E-state index contributed by atoms with van der Waals surface area (Å²) in [7, 11) is 0. The summed E-state index contributed by atoms with van der Waals surface area (Å²) in [6.07, 6.45) is 3.66. The molecule has 0 saturated heterocycles. The molecular formula is C15H20Br2O. The second kappa shape index (κ2) is 5.96. The van der Waals surface area contributed by atoms with Crippen molar-refractivity contribution in [2.45, 2.75) is 39.2 Å². The number of alkyl halides is 2. The van der Waals surface area contributed by atoms with Crippen LogP contribution in [0.1, 0.15) is 30.9 Å². The third-order valence-corrected chi connectivity index (χ3v) is 6.31. The molecule has 0 spiro atoms. The first-order valence-corrected chi connectivity index (χ1v) is 8.75. The molecule has 0 fully saturated rings. The van der Waals surface area contributed by atoms with Gasteiger partial charge in [-0.15, -0.1) is 0 Å². The van der Waals surface area contributed by atoms with Gasteiger partial charge >= 0.3 is 0 Å². The van der Waals surface area contributed by atoms with Gasteiger partial charge in [-0.3, -0.25) is 0 Å². The van der Waals surface area contributed by atoms with Gasteiger partial charge in [-0.2, -0.15) is 0 Å². The van der Waals surface area contributed by atoms with Crippen LogP contribution in [0.3, 0.4) is 0 Å². The Morgan fingerprint density at radius 2 is 2.06 bits per heavy atom. The smallest absolute Gasteiger partial charge is 0.123 e. The molecule has 1 aliphatic rings. The molecule has 1 aromatic rings. The first-order valence-electron chi connectivity index (χ1n) is 6.50. The van der Waals surface area contributed by atoms with Gasteiger partial charge in [0, 0.05) is 17.1 Å². The molecule has 1 aromatic carbocycles. The molecule has 2 rings (SSSR count). The van der Waals surface area contributed by atoms with Crippen LogP contribution >= 0.6 is 31.9 Å². The van der Waals surface area contributed by atoms with Gasteiger partial charge in [0.1, 0.15) is 11.9 Å². The molecule has 1 unspecified atom stereocenters. The lowest BCUT2D eigenvalue weighted by Gasteiger charge is -2.31. The SMILES string of the molecule is CCC(CBr)(CBr)CC1Cc2cc(C)ccc2O1. The van der Waals surface area contributed by atoms with E-state index in [1.165, 1.54) is 17.5 Å². The molecule has 0 N–H and O–H groups in total. The first kappa shape index (κ1) is 14.4. The summed E-state index contributed by atoms with van der Waals surface area (Å²) in [4.78, 5) is 0. The molecule has 1 aliphatic heterocycles. The lowest BCUT2D eigenvalue weighted by Crippen LogP contribution is -2.31. The minimum Gasteiger partial charge on any atom is -0.490 e. The van der Waals surface area contributed by atoms with Gasteiger partial charge in [-0.05, 0) is 36.8 Å². The topological polar surface area (TPSA) is 9.23 Å². The van der Waals surface area contributed by atoms with Gasteiger partial charge in [-0.1, -0.05) is 56.5 Å². The summed E-state index contributed by atoms with van der Waals surface area (Å²) in [6, 6.07) is 6.50. The Balaban J connectivity index is 2.07. The highest BCUT2D eigenvalue weighted by atomic mass is 79.9. The third-order valence-electron chi connectivity index (χ3n) is 3.93. The number of rotatable bonds is 5. The molecule has 0 amide bonds. The van der Waals surface area contributed by atoms with Crippen molar-refractivity contribution in [3.63, 3.8) is 0 Å². The van der Waals surface area contributed by atoms with Crippen molar-refractivity contribution in [1.82, 2.24) is 0 Å². The first-order chi connectivity index (χ1) is 8.62. The van der Waals surface area contributed by atoms with Gasteiger partial charge in [-0.25, -0.2) is 0 Å². The fourth-order valence-electron chi connectivity index (χ4n) is 2.52. The number of aryl methyl sites for hydroxylation is 1. The van der Waals surface area contributed by atoms with Gasteiger partial charge in [0.15, 0.2) is 0 Å². The largest absolute Gasteiger partial charge is 0.490 e. The second-order valence-corrected chi connectivity index (χ2v) is 6.50. The maximum Gasteiger partial charge on any atom is 0.123 e. The Morgan fingerprint density at radius 3 is 2.67 bits per heavy atom. The maximum absolute atomic E-state index is 6.08. The minimum atomic E-state index is 0.307. The van der Waals surface area contributed by atoms with E-state index in [1.54, 1.807) is 0 Å². The molecule has 3 heteroatoms. The highest BCUT2D eigenvalue weighted by molar-refractivity contribution is 9.09. The molecule has 1 atom stereocenters. The third kappa shape index (κ3) is 2.93. The van der Waals surface area contributed by atoms with Crippen LogP contribution in [-0.2, 0) is 6.42 Å². The minimum absolute atomic E-state index is 0.307. The predicted molar refractivity (Wildman–Crippen MR) is 84.2 cm³/mol. The quantitative estimate of drug-likeness (QED) is 0.666. The Hall–Kier alpha value is -0.0200. The van der Waals surface area contributed by atoms with E-state index < -0.39 is 0 Å². The fourth-order valence-corrected chi connectivity index (χ4v) is 4.70. The van der Waals surface area contributed by atoms with Crippen LogP contribution in [0.2, 0.25) is 0 Å². The number of ether oxygens (including phenoxy) is 1. The van der Waals surface area contributed by atoms with Crippen molar-refractivity contribution in [3.8, 4) is 5.75 Å². The molecule has 100 valence electrons. The monoisotopic (exact) mass is 374 g/mol. The van der Waals surface area contributed by atoms with Crippen molar-refractivity contribution in [1.29, 1.82) is 0 Å². The van der Waals surface area contributed by atoms with Gasteiger partial charge in [0.05, 0.1) is 0 Å². The van der Waals surface area contributed by atoms with E-state index in [1.807, 2.05) is 0 Å². The average Bonchev–Trinajstić information content (AvgIpc) is 2.77. The van der Waals surface area contributed by atoms with Gasteiger partial charge in [0.2, 0.25) is 0 Å². The van der Waals surface area contributed by atoms with Crippen LogP contribution in [0.15, 0.2) is 18.2 Å². The standard InChI is InChI=1S/C15H20Br2O/c1-3-15(9-16,10-17)8-13-7-12-6-11(2)4-5-14(12)18-13/h4-6,13H,3,7-10H2,1-2H3. The van der Waals surface area contributed by atoms with E-state index in [0.29, 0.717) is 11.5 Å². The Bertz CT molecular complexity index is 405. The molecule has 0 saturated carbocycles. The van der Waals surface area contributed by atoms with Crippen LogP contribution in [0.4, 0.5) is 0 Å². The molecule has 0 aliphatic carbocycles. The zero-order valence-corrected chi connectivity index (χ0v) is 14.2. The summed E-state index contributed by atoms with van der Waals surface area (Å²) in [5, 5.41) is 2.05. The summed E-state index contributed by atoms with van der Waals surface area (Å²) >= 11 is 7.32. The number of benzene rings is 1. The van der Waals surface area contributed by atoms with Crippen LogP contribution in [-0.4, -0.2) is 16.8 Å². The molecule has 1 heterocycles. The van der Waals surface area contributed by atoms with Crippen molar-refractivity contribution in [3.05, 3.63) is 29.3 Å². The molecule has 0 aromatic heterocycles. The molecule has 0 bridgehead atoms. The highest BCUT2D eigenvalue weighted by Gasteiger charge is 2.33. The van der Waals surface area contributed by atoms with Crippen LogP contribution in [0.5, 0.6) is 5.75 Å². The predicted octanol–water partition coefficient (Wildman–Crippen LogP) is 4.87. The molecule has 1 nitrogen and oxygen atoms in total. The van der Waals surface area contributed by atoms with E-state index in [2.05, 4.69) is 63.9 Å². The Morgan fingerprint density at radius 1 is 1.33 bits per heavy atom. The van der Waals surface area contributed by atoms with E-state index in [-0.39, 0.29) is 0 Å². The summed E-state index contributed by atoms with van der Waals surface area (Å²) in [5.41, 5.74) is 3.00. The highest BCUT2D eigenvalue weighted by Crippen LogP contribution is 2.38. The molecule has 18 heavy (non-hydrogen) atoms. The summed E-state index contributed by atoms with van der Waals surface area (Å²) < 4.78 is 6.08. The van der Waals surface area contributed by atoms with E-state index in [4.69, 9.17) is 4.74 Å². The average molecular weight is 376 g/mol. The molecular weight excluding hydrogens is 356 g/mol. The van der Waals surface area contributed by atoms with E-state index in [9.17, 15) is 0 Å². The number of halogens is 2. The molecule has 0 radical (unpaired) electrons. The lowest BCUT2D eigenvalue weighted by molar-refractivity contribution is 0.160. The van der Waals surface area contributed by atoms with Crippen molar-refractivity contribution in [2.75, 3.05) is 10.7 Å².